The predicted octanol–water partition coefficient (Wildman–Crippen LogP) is 2.49. The van der Waals surface area contributed by atoms with E-state index in [0.717, 1.165) is 11.7 Å². The van der Waals surface area contributed by atoms with Gasteiger partial charge < -0.3 is 11.1 Å². The standard InChI is InChI=1S/C13H20N4S/c1-2-9-5-3-4-6-10(9)17-12-8-15-11(7-16-12)13(14)18/h7-10H,2-6H2,1H3,(H2,14,18)(H,16,17). The molecule has 98 valence electrons. The average Bonchev–Trinajstić information content (AvgIpc) is 2.40. The number of nitrogens with zero attached hydrogens (tertiary/aromatic N) is 2. The van der Waals surface area contributed by atoms with E-state index < -0.39 is 0 Å². The highest BCUT2D eigenvalue weighted by Gasteiger charge is 2.23. The van der Waals surface area contributed by atoms with Gasteiger partial charge in [-0.15, -0.1) is 0 Å². The minimum Gasteiger partial charge on any atom is -0.388 e. The molecule has 2 rings (SSSR count). The lowest BCUT2D eigenvalue weighted by atomic mass is 9.83. The maximum atomic E-state index is 5.50. The first-order valence-corrected chi connectivity index (χ1v) is 7.00. The van der Waals surface area contributed by atoms with Crippen LogP contribution < -0.4 is 11.1 Å². The molecule has 1 saturated carbocycles. The van der Waals surface area contributed by atoms with Gasteiger partial charge in [-0.2, -0.15) is 0 Å². The molecule has 1 heterocycles. The van der Waals surface area contributed by atoms with E-state index in [2.05, 4.69) is 22.2 Å². The minimum absolute atomic E-state index is 0.290. The molecule has 0 spiro atoms. The van der Waals surface area contributed by atoms with E-state index in [1.807, 2.05) is 0 Å². The van der Waals surface area contributed by atoms with E-state index in [1.165, 1.54) is 32.1 Å². The Labute approximate surface area is 113 Å². The van der Waals surface area contributed by atoms with Crippen molar-refractivity contribution >= 4 is 23.0 Å². The molecule has 3 N–H and O–H groups in total. The van der Waals surface area contributed by atoms with Crippen LogP contribution in [0.15, 0.2) is 12.4 Å². The van der Waals surface area contributed by atoms with Gasteiger partial charge in [0, 0.05) is 6.04 Å². The molecule has 0 aromatic carbocycles. The van der Waals surface area contributed by atoms with Crippen molar-refractivity contribution in [3.63, 3.8) is 0 Å². The zero-order chi connectivity index (χ0) is 13.0. The van der Waals surface area contributed by atoms with Crippen LogP contribution >= 0.6 is 12.2 Å². The highest BCUT2D eigenvalue weighted by molar-refractivity contribution is 7.80. The van der Waals surface area contributed by atoms with Gasteiger partial charge in [0.15, 0.2) is 0 Å². The van der Waals surface area contributed by atoms with Crippen LogP contribution in [0.2, 0.25) is 0 Å². The molecule has 0 bridgehead atoms. The largest absolute Gasteiger partial charge is 0.388 e. The Balaban J connectivity index is 2.01. The fraction of sp³-hybridized carbons (Fsp3) is 0.615. The molecule has 0 aliphatic heterocycles. The summed E-state index contributed by atoms with van der Waals surface area (Å²) in [7, 11) is 0. The number of nitrogens with two attached hydrogens (primary N) is 1. The molecule has 1 aliphatic carbocycles. The molecule has 18 heavy (non-hydrogen) atoms. The van der Waals surface area contributed by atoms with E-state index in [1.54, 1.807) is 12.4 Å². The highest BCUT2D eigenvalue weighted by Crippen LogP contribution is 2.28. The Hall–Kier alpha value is -1.23. The fourth-order valence-corrected chi connectivity index (χ4v) is 2.71. The second-order valence-corrected chi connectivity index (χ2v) is 5.29. The number of hydrogen-bond acceptors (Lipinski definition) is 4. The molecule has 0 radical (unpaired) electrons. The summed E-state index contributed by atoms with van der Waals surface area (Å²) in [5.41, 5.74) is 6.08. The van der Waals surface area contributed by atoms with Crippen LogP contribution in [0, 0.1) is 5.92 Å². The van der Waals surface area contributed by atoms with Crippen molar-refractivity contribution in [3.05, 3.63) is 18.1 Å². The summed E-state index contributed by atoms with van der Waals surface area (Å²) >= 11 is 4.86. The normalized spacial score (nSPS) is 23.6. The van der Waals surface area contributed by atoms with Crippen LogP contribution in [-0.4, -0.2) is 21.0 Å². The number of rotatable bonds is 4. The number of thiocarbonyl (C=S) groups is 1. The summed E-state index contributed by atoms with van der Waals surface area (Å²) in [6.45, 7) is 2.26. The minimum atomic E-state index is 0.290. The van der Waals surface area contributed by atoms with Crippen molar-refractivity contribution in [3.8, 4) is 0 Å². The molecule has 1 fully saturated rings. The van der Waals surface area contributed by atoms with E-state index in [9.17, 15) is 0 Å². The third-order valence-corrected chi connectivity index (χ3v) is 3.88. The Morgan fingerprint density at radius 3 is 2.78 bits per heavy atom. The molecule has 4 nitrogen and oxygen atoms in total. The first-order chi connectivity index (χ1) is 8.70. The van der Waals surface area contributed by atoms with E-state index in [4.69, 9.17) is 18.0 Å². The fourth-order valence-electron chi connectivity index (χ4n) is 2.61. The zero-order valence-electron chi connectivity index (χ0n) is 10.7. The van der Waals surface area contributed by atoms with Gasteiger partial charge in [-0.25, -0.2) is 9.97 Å². The average molecular weight is 264 g/mol. The van der Waals surface area contributed by atoms with Crippen LogP contribution in [0.25, 0.3) is 0 Å². The Bertz CT molecular complexity index is 404. The number of aromatic nitrogens is 2. The Morgan fingerprint density at radius 1 is 1.39 bits per heavy atom. The van der Waals surface area contributed by atoms with Gasteiger partial charge in [0.2, 0.25) is 0 Å². The third-order valence-electron chi connectivity index (χ3n) is 3.67. The summed E-state index contributed by atoms with van der Waals surface area (Å²) in [5.74, 6) is 1.57. The topological polar surface area (TPSA) is 63.8 Å². The second-order valence-electron chi connectivity index (χ2n) is 4.85. The maximum absolute atomic E-state index is 5.50. The van der Waals surface area contributed by atoms with Gasteiger partial charge in [0.1, 0.15) is 16.5 Å². The maximum Gasteiger partial charge on any atom is 0.144 e. The molecule has 1 aromatic heterocycles. The van der Waals surface area contributed by atoms with Crippen LogP contribution in [0.5, 0.6) is 0 Å². The van der Waals surface area contributed by atoms with Crippen LogP contribution in [0.1, 0.15) is 44.7 Å². The first-order valence-electron chi connectivity index (χ1n) is 6.59. The van der Waals surface area contributed by atoms with Crippen molar-refractivity contribution in [2.75, 3.05) is 5.32 Å². The highest BCUT2D eigenvalue weighted by atomic mass is 32.1. The van der Waals surface area contributed by atoms with Crippen molar-refractivity contribution in [2.24, 2.45) is 11.7 Å². The molecule has 5 heteroatoms. The molecule has 0 saturated heterocycles. The van der Waals surface area contributed by atoms with Crippen molar-refractivity contribution in [1.82, 2.24) is 9.97 Å². The van der Waals surface area contributed by atoms with Gasteiger partial charge in [-0.3, -0.25) is 0 Å². The van der Waals surface area contributed by atoms with Gasteiger partial charge in [-0.1, -0.05) is 38.4 Å². The van der Waals surface area contributed by atoms with Crippen LogP contribution in [0.4, 0.5) is 5.82 Å². The van der Waals surface area contributed by atoms with Crippen LogP contribution in [0.3, 0.4) is 0 Å². The summed E-state index contributed by atoms with van der Waals surface area (Å²) in [5, 5.41) is 3.49. The van der Waals surface area contributed by atoms with Gasteiger partial charge >= 0.3 is 0 Å². The molecular formula is C13H20N4S. The van der Waals surface area contributed by atoms with E-state index >= 15 is 0 Å². The summed E-state index contributed by atoms with van der Waals surface area (Å²) in [4.78, 5) is 8.81. The van der Waals surface area contributed by atoms with E-state index in [-0.39, 0.29) is 4.99 Å². The van der Waals surface area contributed by atoms with Crippen LogP contribution in [-0.2, 0) is 0 Å². The lowest BCUT2D eigenvalue weighted by molar-refractivity contribution is 0.317. The molecular weight excluding hydrogens is 244 g/mol. The van der Waals surface area contributed by atoms with E-state index in [0.29, 0.717) is 11.7 Å². The summed E-state index contributed by atoms with van der Waals surface area (Å²) < 4.78 is 0. The van der Waals surface area contributed by atoms with Crippen molar-refractivity contribution in [1.29, 1.82) is 0 Å². The molecule has 2 unspecified atom stereocenters. The van der Waals surface area contributed by atoms with Crippen molar-refractivity contribution < 1.29 is 0 Å². The SMILES string of the molecule is CCC1CCCCC1Nc1cnc(C(N)=S)cn1. The lowest BCUT2D eigenvalue weighted by Gasteiger charge is -2.31. The summed E-state index contributed by atoms with van der Waals surface area (Å²) in [6.07, 6.45) is 9.75. The lowest BCUT2D eigenvalue weighted by Crippen LogP contribution is -2.32. The van der Waals surface area contributed by atoms with Gasteiger partial charge in [0.25, 0.3) is 0 Å². The second kappa shape index (κ2) is 6.09. The molecule has 1 aliphatic rings. The third kappa shape index (κ3) is 3.16. The zero-order valence-corrected chi connectivity index (χ0v) is 11.5. The van der Waals surface area contributed by atoms with Crippen molar-refractivity contribution in [2.45, 2.75) is 45.1 Å². The number of nitrogens with one attached hydrogen (secondary N) is 1. The quantitative estimate of drug-likeness (QED) is 0.818. The first kappa shape index (κ1) is 13.2. The smallest absolute Gasteiger partial charge is 0.144 e. The Kier molecular flexibility index (Phi) is 4.47. The Morgan fingerprint density at radius 2 is 2.17 bits per heavy atom. The molecule has 1 aromatic rings. The molecule has 0 amide bonds. The molecule has 2 atom stereocenters. The van der Waals surface area contributed by atoms with Gasteiger partial charge in [-0.05, 0) is 18.8 Å². The van der Waals surface area contributed by atoms with Gasteiger partial charge in [0.05, 0.1) is 12.4 Å². The predicted molar refractivity (Wildman–Crippen MR) is 77.6 cm³/mol. The number of hydrogen-bond donors (Lipinski definition) is 2. The number of anilines is 1. The monoisotopic (exact) mass is 264 g/mol. The summed E-state index contributed by atoms with van der Waals surface area (Å²) in [6, 6.07) is 0.522.